The highest BCUT2D eigenvalue weighted by molar-refractivity contribution is 6.30. The van der Waals surface area contributed by atoms with Gasteiger partial charge in [-0.05, 0) is 45.7 Å². The van der Waals surface area contributed by atoms with Crippen molar-refractivity contribution in [3.63, 3.8) is 0 Å². The number of aromatic amines is 1. The molecule has 2 heteroatoms. The van der Waals surface area contributed by atoms with E-state index in [1.165, 1.54) is 49.3 Å². The Labute approximate surface area is 179 Å². The summed E-state index contributed by atoms with van der Waals surface area (Å²) in [5.41, 5.74) is 7.15. The molecule has 0 spiro atoms. The molecule has 0 amide bonds. The van der Waals surface area contributed by atoms with E-state index in [-0.39, 0.29) is 0 Å². The van der Waals surface area contributed by atoms with Crippen LogP contribution in [0, 0.1) is 0 Å². The minimum Gasteiger partial charge on any atom is -0.354 e. The number of nitrogens with one attached hydrogen (secondary N) is 1. The van der Waals surface area contributed by atoms with E-state index in [4.69, 9.17) is 11.6 Å². The summed E-state index contributed by atoms with van der Waals surface area (Å²) >= 11 is 6.19. The maximum atomic E-state index is 6.19. The second-order valence-electron chi connectivity index (χ2n) is 7.61. The van der Waals surface area contributed by atoms with Gasteiger partial charge in [0.25, 0.3) is 0 Å². The molecule has 0 unspecified atom stereocenters. The van der Waals surface area contributed by atoms with Gasteiger partial charge in [-0.25, -0.2) is 0 Å². The zero-order chi connectivity index (χ0) is 20.1. The van der Waals surface area contributed by atoms with Crippen LogP contribution in [-0.4, -0.2) is 4.98 Å². The zero-order valence-corrected chi connectivity index (χ0v) is 16.9. The topological polar surface area (TPSA) is 15.8 Å². The first-order chi connectivity index (χ1) is 14.8. The number of fused-ring (bicyclic) bond motifs is 4. The SMILES string of the molecule is Clc1ccc(-c2c(-c3cccc4c3[nH]c3ccccc34)ccc3ccccc23)cc1. The Hall–Kier alpha value is -3.55. The third-order valence-corrected chi connectivity index (χ3v) is 6.15. The summed E-state index contributed by atoms with van der Waals surface area (Å²) in [5.74, 6) is 0. The number of rotatable bonds is 2. The van der Waals surface area contributed by atoms with Gasteiger partial charge >= 0.3 is 0 Å². The molecule has 6 aromatic rings. The highest BCUT2D eigenvalue weighted by Crippen LogP contribution is 2.41. The summed E-state index contributed by atoms with van der Waals surface area (Å²) < 4.78 is 0. The van der Waals surface area contributed by atoms with Crippen molar-refractivity contribution in [2.45, 2.75) is 0 Å². The van der Waals surface area contributed by atoms with Crippen molar-refractivity contribution in [1.82, 2.24) is 4.98 Å². The Kier molecular flexibility index (Phi) is 3.90. The first-order valence-electron chi connectivity index (χ1n) is 10.1. The van der Waals surface area contributed by atoms with Gasteiger partial charge in [-0.1, -0.05) is 96.5 Å². The zero-order valence-electron chi connectivity index (χ0n) is 16.2. The molecule has 1 N–H and O–H groups in total. The number of hydrogen-bond donors (Lipinski definition) is 1. The molecule has 5 aromatic carbocycles. The third kappa shape index (κ3) is 2.63. The highest BCUT2D eigenvalue weighted by atomic mass is 35.5. The number of hydrogen-bond acceptors (Lipinski definition) is 0. The molecular formula is C28H18ClN. The molecule has 0 radical (unpaired) electrons. The molecule has 1 heterocycles. The molecule has 0 aliphatic rings. The van der Waals surface area contributed by atoms with Crippen LogP contribution in [0.5, 0.6) is 0 Å². The van der Waals surface area contributed by atoms with Crippen LogP contribution in [0.15, 0.2) is 103 Å². The molecule has 0 fully saturated rings. The lowest BCUT2D eigenvalue weighted by Gasteiger charge is -2.15. The second kappa shape index (κ2) is 6.76. The van der Waals surface area contributed by atoms with Gasteiger partial charge in [-0.3, -0.25) is 0 Å². The van der Waals surface area contributed by atoms with Crippen molar-refractivity contribution in [2.75, 3.05) is 0 Å². The van der Waals surface area contributed by atoms with Gasteiger partial charge in [0, 0.05) is 26.9 Å². The average Bonchev–Trinajstić information content (AvgIpc) is 3.18. The van der Waals surface area contributed by atoms with Crippen LogP contribution >= 0.6 is 11.6 Å². The van der Waals surface area contributed by atoms with E-state index in [1.807, 2.05) is 12.1 Å². The van der Waals surface area contributed by atoms with Crippen molar-refractivity contribution >= 4 is 44.2 Å². The number of benzene rings is 5. The van der Waals surface area contributed by atoms with Gasteiger partial charge in [0.2, 0.25) is 0 Å². The van der Waals surface area contributed by atoms with E-state index in [9.17, 15) is 0 Å². The Morgan fingerprint density at radius 1 is 0.533 bits per heavy atom. The fourth-order valence-electron chi connectivity index (χ4n) is 4.52. The average molecular weight is 404 g/mol. The number of para-hydroxylation sites is 2. The Morgan fingerprint density at radius 3 is 2.13 bits per heavy atom. The molecule has 142 valence electrons. The lowest BCUT2D eigenvalue weighted by atomic mass is 9.89. The highest BCUT2D eigenvalue weighted by Gasteiger charge is 2.15. The molecule has 0 saturated heterocycles. The molecular weight excluding hydrogens is 386 g/mol. The molecule has 0 aliphatic heterocycles. The van der Waals surface area contributed by atoms with E-state index < -0.39 is 0 Å². The fourth-order valence-corrected chi connectivity index (χ4v) is 4.65. The monoisotopic (exact) mass is 403 g/mol. The van der Waals surface area contributed by atoms with E-state index in [0.717, 1.165) is 10.5 Å². The maximum absolute atomic E-state index is 6.19. The molecule has 0 bridgehead atoms. The van der Waals surface area contributed by atoms with E-state index in [2.05, 4.69) is 96.0 Å². The quantitative estimate of drug-likeness (QED) is 0.298. The van der Waals surface area contributed by atoms with Crippen molar-refractivity contribution in [3.8, 4) is 22.3 Å². The molecule has 1 nitrogen and oxygen atoms in total. The first kappa shape index (κ1) is 17.3. The summed E-state index contributed by atoms with van der Waals surface area (Å²) in [7, 11) is 0. The Morgan fingerprint density at radius 2 is 1.27 bits per heavy atom. The fraction of sp³-hybridized carbons (Fsp3) is 0. The van der Waals surface area contributed by atoms with Crippen LogP contribution in [-0.2, 0) is 0 Å². The van der Waals surface area contributed by atoms with Gasteiger partial charge in [0.05, 0.1) is 5.52 Å². The smallest absolute Gasteiger partial charge is 0.0544 e. The molecule has 1 aromatic heterocycles. The van der Waals surface area contributed by atoms with E-state index in [0.29, 0.717) is 0 Å². The maximum Gasteiger partial charge on any atom is 0.0544 e. The van der Waals surface area contributed by atoms with Crippen molar-refractivity contribution in [3.05, 3.63) is 108 Å². The van der Waals surface area contributed by atoms with Gasteiger partial charge in [0.1, 0.15) is 0 Å². The lowest BCUT2D eigenvalue weighted by molar-refractivity contribution is 1.53. The lowest BCUT2D eigenvalue weighted by Crippen LogP contribution is -1.89. The second-order valence-corrected chi connectivity index (χ2v) is 8.05. The minimum absolute atomic E-state index is 0.748. The van der Waals surface area contributed by atoms with Gasteiger partial charge in [-0.15, -0.1) is 0 Å². The molecule has 0 atom stereocenters. The van der Waals surface area contributed by atoms with Crippen molar-refractivity contribution in [1.29, 1.82) is 0 Å². The summed E-state index contributed by atoms with van der Waals surface area (Å²) in [6.45, 7) is 0. The van der Waals surface area contributed by atoms with Crippen LogP contribution in [0.2, 0.25) is 5.02 Å². The summed E-state index contributed by atoms with van der Waals surface area (Å²) in [6, 6.07) is 36.2. The normalized spacial score (nSPS) is 11.5. The standard InChI is InChI=1S/C28H18ClN/c29-20-15-12-19(13-16-20)27-21-7-2-1-6-18(21)14-17-23(27)25-10-5-9-24-22-8-3-4-11-26(22)30-28(24)25/h1-17,30H. The molecule has 30 heavy (non-hydrogen) atoms. The van der Waals surface area contributed by atoms with Crippen molar-refractivity contribution < 1.29 is 0 Å². The van der Waals surface area contributed by atoms with Crippen LogP contribution in [0.3, 0.4) is 0 Å². The summed E-state index contributed by atoms with van der Waals surface area (Å²) in [4.78, 5) is 3.66. The first-order valence-corrected chi connectivity index (χ1v) is 10.4. The third-order valence-electron chi connectivity index (χ3n) is 5.89. The van der Waals surface area contributed by atoms with Crippen LogP contribution in [0.25, 0.3) is 54.8 Å². The Bertz CT molecular complexity index is 1540. The predicted molar refractivity (Wildman–Crippen MR) is 129 cm³/mol. The molecule has 0 saturated carbocycles. The summed E-state index contributed by atoms with van der Waals surface area (Å²) in [5, 5.41) is 5.72. The molecule has 0 aliphatic carbocycles. The largest absolute Gasteiger partial charge is 0.354 e. The number of halogens is 1. The van der Waals surface area contributed by atoms with Crippen LogP contribution < -0.4 is 0 Å². The van der Waals surface area contributed by atoms with Crippen molar-refractivity contribution in [2.24, 2.45) is 0 Å². The van der Waals surface area contributed by atoms with Gasteiger partial charge in [0.15, 0.2) is 0 Å². The number of H-pyrrole nitrogens is 1. The van der Waals surface area contributed by atoms with Crippen LogP contribution in [0.4, 0.5) is 0 Å². The minimum atomic E-state index is 0.748. The van der Waals surface area contributed by atoms with E-state index >= 15 is 0 Å². The van der Waals surface area contributed by atoms with E-state index in [1.54, 1.807) is 0 Å². The predicted octanol–water partition coefficient (Wildman–Crippen LogP) is 8.46. The molecule has 6 rings (SSSR count). The van der Waals surface area contributed by atoms with Crippen LogP contribution in [0.1, 0.15) is 0 Å². The number of aromatic nitrogens is 1. The Balaban J connectivity index is 1.73. The van der Waals surface area contributed by atoms with Gasteiger partial charge in [-0.2, -0.15) is 0 Å². The summed E-state index contributed by atoms with van der Waals surface area (Å²) in [6.07, 6.45) is 0. The van der Waals surface area contributed by atoms with Gasteiger partial charge < -0.3 is 4.98 Å².